The predicted molar refractivity (Wildman–Crippen MR) is 443 cm³/mol. The number of quaternary nitrogens is 1. The van der Waals surface area contributed by atoms with E-state index in [9.17, 15) is 19.0 Å². The molecule has 584 valence electrons. The number of unbranched alkanes of at least 4 members (excludes halogenated alkanes) is 37. The molecule has 0 saturated carbocycles. The lowest BCUT2D eigenvalue weighted by Crippen LogP contribution is -2.37. The molecule has 0 fully saturated rings. The second-order valence-corrected chi connectivity index (χ2v) is 30.5. The van der Waals surface area contributed by atoms with E-state index in [0.29, 0.717) is 17.4 Å². The zero-order chi connectivity index (χ0) is 74.0. The first kappa shape index (κ1) is 97.6. The lowest BCUT2D eigenvalue weighted by molar-refractivity contribution is -0.870. The zero-order valence-electron chi connectivity index (χ0n) is 66.8. The van der Waals surface area contributed by atoms with Crippen molar-refractivity contribution in [2.45, 2.75) is 367 Å². The fourth-order valence-electron chi connectivity index (χ4n) is 11.6. The summed E-state index contributed by atoms with van der Waals surface area (Å²) in [6, 6.07) is 0. The van der Waals surface area contributed by atoms with E-state index < -0.39 is 32.5 Å². The number of phosphoric acid groups is 1. The summed E-state index contributed by atoms with van der Waals surface area (Å²) >= 11 is 0. The maximum Gasteiger partial charge on any atom is 0.306 e. The van der Waals surface area contributed by atoms with Gasteiger partial charge in [-0.25, -0.2) is 0 Å². The molecule has 0 heterocycles. The van der Waals surface area contributed by atoms with Crippen molar-refractivity contribution in [1.29, 1.82) is 0 Å². The van der Waals surface area contributed by atoms with Crippen LogP contribution in [0, 0.1) is 0 Å². The minimum atomic E-state index is -4.67. The van der Waals surface area contributed by atoms with Crippen LogP contribution in [-0.2, 0) is 32.7 Å². The van der Waals surface area contributed by atoms with Gasteiger partial charge < -0.3 is 27.9 Å². The fraction of sp³-hybridized carbons (Fsp3) is 0.696. The van der Waals surface area contributed by atoms with Gasteiger partial charge in [0.25, 0.3) is 7.82 Å². The SMILES string of the molecule is CC/C=C\C/C=C\C/C=C\C/C=C\C/C=C\C/C=C\C/C=C\C/C=C\C/C=C\C/C=C\C/C=C\C/C=C\CCCCC(=O)OC(COC(=O)CCCCCCCCCCCCCCCCCCCCCCCCCCCCC/C=C\CCCCCCCCCC)COP(=O)([O-])OCC[N+](C)(C)C. The number of hydrogen-bond donors (Lipinski definition) is 0. The Morgan fingerprint density at radius 2 is 0.559 bits per heavy atom. The van der Waals surface area contributed by atoms with Gasteiger partial charge in [-0.05, 0) is 128 Å². The number of phosphoric ester groups is 1. The summed E-state index contributed by atoms with van der Waals surface area (Å²) in [5, 5.41) is 0. The van der Waals surface area contributed by atoms with Crippen molar-refractivity contribution in [3.63, 3.8) is 0 Å². The van der Waals surface area contributed by atoms with Crippen molar-refractivity contribution in [2.75, 3.05) is 47.5 Å². The fourth-order valence-corrected chi connectivity index (χ4v) is 12.4. The van der Waals surface area contributed by atoms with Crippen LogP contribution in [0.15, 0.2) is 158 Å². The van der Waals surface area contributed by atoms with E-state index in [1.165, 1.54) is 218 Å². The highest BCUT2D eigenvalue weighted by Crippen LogP contribution is 2.38. The van der Waals surface area contributed by atoms with Crippen molar-refractivity contribution in [2.24, 2.45) is 0 Å². The molecule has 0 aromatic rings. The molecule has 0 aromatic carbocycles. The molecule has 0 aliphatic rings. The molecule has 0 spiro atoms. The number of rotatable bonds is 77. The quantitative estimate of drug-likeness (QED) is 0.0195. The first-order valence-electron chi connectivity index (χ1n) is 42.2. The molecule has 0 rings (SSSR count). The van der Waals surface area contributed by atoms with E-state index in [0.717, 1.165) is 109 Å². The van der Waals surface area contributed by atoms with Crippen LogP contribution in [0.3, 0.4) is 0 Å². The van der Waals surface area contributed by atoms with Gasteiger partial charge in [0.05, 0.1) is 27.7 Å². The number of allylic oxidation sites excluding steroid dienone is 26. The van der Waals surface area contributed by atoms with E-state index in [-0.39, 0.29) is 26.1 Å². The van der Waals surface area contributed by atoms with Crippen molar-refractivity contribution < 1.29 is 42.1 Å². The Morgan fingerprint density at radius 1 is 0.314 bits per heavy atom. The molecule has 9 nitrogen and oxygen atoms in total. The molecule has 0 saturated heterocycles. The second-order valence-electron chi connectivity index (χ2n) is 29.1. The van der Waals surface area contributed by atoms with E-state index in [1.807, 2.05) is 21.1 Å². The Kier molecular flexibility index (Phi) is 77.3. The summed E-state index contributed by atoms with van der Waals surface area (Å²) in [5.41, 5.74) is 0. The second kappa shape index (κ2) is 80.7. The lowest BCUT2D eigenvalue weighted by Gasteiger charge is -2.28. The van der Waals surface area contributed by atoms with Crippen molar-refractivity contribution in [3.05, 3.63) is 158 Å². The highest BCUT2D eigenvalue weighted by molar-refractivity contribution is 7.45. The van der Waals surface area contributed by atoms with Gasteiger partial charge in [-0.3, -0.25) is 14.2 Å². The number of esters is 2. The number of ether oxygens (including phenoxy) is 2. The Balaban J connectivity index is 4.05. The van der Waals surface area contributed by atoms with Gasteiger partial charge in [0.15, 0.2) is 6.10 Å². The number of carbonyl (C=O) groups excluding carboxylic acids is 2. The third-order valence-corrected chi connectivity index (χ3v) is 19.0. The number of hydrogen-bond acceptors (Lipinski definition) is 8. The van der Waals surface area contributed by atoms with Gasteiger partial charge in [-0.2, -0.15) is 0 Å². The molecule has 0 aliphatic heterocycles. The van der Waals surface area contributed by atoms with E-state index >= 15 is 0 Å². The molecule has 0 radical (unpaired) electrons. The topological polar surface area (TPSA) is 111 Å². The van der Waals surface area contributed by atoms with Crippen LogP contribution in [0.2, 0.25) is 0 Å². The molecule has 0 bridgehead atoms. The maximum atomic E-state index is 12.9. The summed E-state index contributed by atoms with van der Waals surface area (Å²) in [7, 11) is 1.13. The van der Waals surface area contributed by atoms with Crippen molar-refractivity contribution in [1.82, 2.24) is 0 Å². The monoisotopic (exact) mass is 1440 g/mol. The van der Waals surface area contributed by atoms with Crippen molar-refractivity contribution in [3.8, 4) is 0 Å². The minimum absolute atomic E-state index is 0.0459. The Labute approximate surface area is 630 Å². The molecule has 2 unspecified atom stereocenters. The van der Waals surface area contributed by atoms with E-state index in [2.05, 4.69) is 172 Å². The Bertz CT molecular complexity index is 2290. The van der Waals surface area contributed by atoms with Gasteiger partial charge in [-0.1, -0.05) is 377 Å². The van der Waals surface area contributed by atoms with Crippen LogP contribution >= 0.6 is 7.82 Å². The largest absolute Gasteiger partial charge is 0.756 e. The number of nitrogens with zero attached hydrogens (tertiary/aromatic N) is 1. The van der Waals surface area contributed by atoms with Gasteiger partial charge >= 0.3 is 11.9 Å². The molecular formula is C92H158NO8P. The minimum Gasteiger partial charge on any atom is -0.756 e. The summed E-state index contributed by atoms with van der Waals surface area (Å²) in [4.78, 5) is 38.2. The van der Waals surface area contributed by atoms with Crippen LogP contribution in [0.5, 0.6) is 0 Å². The van der Waals surface area contributed by atoms with E-state index in [4.69, 9.17) is 18.5 Å². The third-order valence-electron chi connectivity index (χ3n) is 18.0. The van der Waals surface area contributed by atoms with Crippen LogP contribution in [0.4, 0.5) is 0 Å². The van der Waals surface area contributed by atoms with Crippen molar-refractivity contribution >= 4 is 19.8 Å². The van der Waals surface area contributed by atoms with Gasteiger partial charge in [0.2, 0.25) is 0 Å². The average Bonchev–Trinajstić information content (AvgIpc) is 0.914. The van der Waals surface area contributed by atoms with Crippen LogP contribution in [0.25, 0.3) is 0 Å². The highest BCUT2D eigenvalue weighted by atomic mass is 31.2. The number of likely N-dealkylation sites (N-methyl/N-ethyl adjacent to an activating group) is 1. The lowest BCUT2D eigenvalue weighted by atomic mass is 10.0. The summed E-state index contributed by atoms with van der Waals surface area (Å²) in [5.74, 6) is -0.882. The van der Waals surface area contributed by atoms with Crippen LogP contribution in [-0.4, -0.2) is 70.0 Å². The third kappa shape index (κ3) is 84.6. The number of carbonyl (C=O) groups is 2. The highest BCUT2D eigenvalue weighted by Gasteiger charge is 2.22. The molecule has 0 aromatic heterocycles. The predicted octanol–water partition coefficient (Wildman–Crippen LogP) is 28.0. The van der Waals surface area contributed by atoms with Gasteiger partial charge in [0, 0.05) is 12.8 Å². The Morgan fingerprint density at radius 3 is 0.863 bits per heavy atom. The molecule has 10 heteroatoms. The normalized spacial score (nSPS) is 13.8. The molecule has 102 heavy (non-hydrogen) atoms. The molecular weight excluding hydrogens is 1280 g/mol. The molecule has 0 amide bonds. The standard InChI is InChI=1S/C92H158NO8P/c1-6-8-10-12-14-16-18-20-22-24-26-28-30-32-34-36-38-40-42-44-46-48-50-52-54-56-58-60-62-64-66-68-70-72-74-76-78-80-82-84-91(94)98-88-90(89-100-102(96,97)99-87-86-93(3,4)5)101-92(95)85-83-81-79-77-75-73-71-69-67-65-63-61-59-57-55-53-51-49-47-45-43-41-39-37-35-33-31-29-27-25-23-21-19-17-15-13-11-9-7-2/h9,11,15,17,21,23-24,26-27,29,33,35,39,41,45,47,51,53,57,59,63,65,69,71,75,77,90H,6-8,10,12-14,16,18-20,22,25,28,30-32,34,36-38,40,42-44,46,48-50,52,54-56,58,60-62,64,66-68,70,72-74,76,78-89H2,1-5H3/b11-9-,17-15-,23-21-,26-24-,29-27-,35-33-,41-39-,47-45-,53-51-,59-57-,65-63-,71-69-,77-75-. The molecule has 0 aliphatic carbocycles. The van der Waals surface area contributed by atoms with Gasteiger partial charge in [0.1, 0.15) is 19.8 Å². The first-order valence-corrected chi connectivity index (χ1v) is 43.7. The van der Waals surface area contributed by atoms with Crippen LogP contribution < -0.4 is 4.89 Å². The smallest absolute Gasteiger partial charge is 0.306 e. The summed E-state index contributed by atoms with van der Waals surface area (Å²) < 4.78 is 34.4. The van der Waals surface area contributed by atoms with E-state index in [1.54, 1.807) is 0 Å². The molecule has 2 atom stereocenters. The first-order chi connectivity index (χ1) is 50.0. The Hall–Kier alpha value is -4.37. The molecule has 0 N–H and O–H groups in total. The summed E-state index contributed by atoms with van der Waals surface area (Å²) in [6.07, 6.45) is 121. The summed E-state index contributed by atoms with van der Waals surface area (Å²) in [6.45, 7) is 4.10. The van der Waals surface area contributed by atoms with Gasteiger partial charge in [-0.15, -0.1) is 0 Å². The zero-order valence-corrected chi connectivity index (χ0v) is 67.7. The maximum absolute atomic E-state index is 12.9. The van der Waals surface area contributed by atoms with Crippen LogP contribution in [0.1, 0.15) is 361 Å². The average molecular weight is 1440 g/mol.